The van der Waals surface area contributed by atoms with Gasteiger partial charge in [-0.1, -0.05) is 28.1 Å². The molecule has 1 aliphatic rings. The van der Waals surface area contributed by atoms with Crippen LogP contribution in [0.25, 0.3) is 10.2 Å². The first kappa shape index (κ1) is 17.8. The first-order valence-corrected chi connectivity index (χ1v) is 11.1. The normalized spacial score (nSPS) is 16.1. The Morgan fingerprint density at radius 2 is 2.23 bits per heavy atom. The standard InChI is InChI=1S/C19H17BrN2O2S2/c20-12-5-6-16-13(9-12)14(7-8-24-16)21-18(23)10-25-11-19-22-15-3-1-2-4-17(15)26-19/h1-6,9,14H,7-8,10-11H2,(H,21,23). The van der Waals surface area contributed by atoms with Gasteiger partial charge in [0, 0.05) is 22.2 Å². The molecule has 0 spiro atoms. The largest absolute Gasteiger partial charge is 0.493 e. The summed E-state index contributed by atoms with van der Waals surface area (Å²) in [5.41, 5.74) is 2.07. The number of hydrogen-bond acceptors (Lipinski definition) is 5. The molecule has 1 amide bonds. The zero-order valence-electron chi connectivity index (χ0n) is 13.9. The molecule has 1 atom stereocenters. The number of amides is 1. The van der Waals surface area contributed by atoms with Gasteiger partial charge in [-0.15, -0.1) is 23.1 Å². The van der Waals surface area contributed by atoms with E-state index in [1.54, 1.807) is 23.1 Å². The Labute approximate surface area is 168 Å². The van der Waals surface area contributed by atoms with Crippen molar-refractivity contribution < 1.29 is 9.53 Å². The Hall–Kier alpha value is -1.57. The van der Waals surface area contributed by atoms with E-state index in [2.05, 4.69) is 32.3 Å². The van der Waals surface area contributed by atoms with Crippen molar-refractivity contribution in [2.75, 3.05) is 12.4 Å². The lowest BCUT2D eigenvalue weighted by molar-refractivity contribution is -0.119. The Morgan fingerprint density at radius 3 is 3.12 bits per heavy atom. The molecule has 26 heavy (non-hydrogen) atoms. The molecular weight excluding hydrogens is 432 g/mol. The molecule has 0 bridgehead atoms. The molecule has 1 unspecified atom stereocenters. The number of benzene rings is 2. The van der Waals surface area contributed by atoms with Crippen molar-refractivity contribution in [2.24, 2.45) is 0 Å². The SMILES string of the molecule is O=C(CSCc1nc2ccccc2s1)NC1CCOc2ccc(Br)cc21. The molecule has 3 aromatic rings. The van der Waals surface area contributed by atoms with Gasteiger partial charge in [-0.05, 0) is 30.3 Å². The number of para-hydroxylation sites is 1. The highest BCUT2D eigenvalue weighted by Gasteiger charge is 2.23. The zero-order chi connectivity index (χ0) is 17.9. The van der Waals surface area contributed by atoms with Gasteiger partial charge < -0.3 is 10.1 Å². The number of rotatable bonds is 5. The minimum Gasteiger partial charge on any atom is -0.493 e. The van der Waals surface area contributed by atoms with E-state index < -0.39 is 0 Å². The first-order valence-electron chi connectivity index (χ1n) is 8.33. The summed E-state index contributed by atoms with van der Waals surface area (Å²) in [4.78, 5) is 17.0. The molecule has 2 heterocycles. The molecule has 7 heteroatoms. The topological polar surface area (TPSA) is 51.2 Å². The maximum atomic E-state index is 12.4. The molecular formula is C19H17BrN2O2S2. The van der Waals surface area contributed by atoms with E-state index in [1.807, 2.05) is 36.4 Å². The van der Waals surface area contributed by atoms with Crippen LogP contribution in [0.3, 0.4) is 0 Å². The van der Waals surface area contributed by atoms with Gasteiger partial charge in [-0.25, -0.2) is 4.98 Å². The number of ether oxygens (including phenoxy) is 1. The van der Waals surface area contributed by atoms with Crippen LogP contribution in [-0.4, -0.2) is 23.3 Å². The molecule has 1 N–H and O–H groups in total. The van der Waals surface area contributed by atoms with Crippen LogP contribution in [-0.2, 0) is 10.5 Å². The van der Waals surface area contributed by atoms with Crippen LogP contribution < -0.4 is 10.1 Å². The van der Waals surface area contributed by atoms with Crippen LogP contribution in [0.2, 0.25) is 0 Å². The van der Waals surface area contributed by atoms with Gasteiger partial charge in [0.05, 0.1) is 28.6 Å². The smallest absolute Gasteiger partial charge is 0.230 e. The van der Waals surface area contributed by atoms with E-state index in [-0.39, 0.29) is 11.9 Å². The Bertz CT molecular complexity index is 911. The first-order chi connectivity index (χ1) is 12.7. The number of fused-ring (bicyclic) bond motifs is 2. The van der Waals surface area contributed by atoms with E-state index in [0.717, 1.165) is 38.5 Å². The molecule has 4 nitrogen and oxygen atoms in total. The summed E-state index contributed by atoms with van der Waals surface area (Å²) in [6.07, 6.45) is 0.789. The third-order valence-electron chi connectivity index (χ3n) is 4.14. The van der Waals surface area contributed by atoms with Gasteiger partial charge in [-0.2, -0.15) is 0 Å². The fourth-order valence-electron chi connectivity index (χ4n) is 2.96. The van der Waals surface area contributed by atoms with Crippen molar-refractivity contribution in [3.63, 3.8) is 0 Å². The van der Waals surface area contributed by atoms with Crippen molar-refractivity contribution in [3.05, 3.63) is 57.5 Å². The second-order valence-electron chi connectivity index (χ2n) is 6.01. The number of carbonyl (C=O) groups is 1. The number of aromatic nitrogens is 1. The average molecular weight is 449 g/mol. The zero-order valence-corrected chi connectivity index (χ0v) is 17.1. The van der Waals surface area contributed by atoms with Crippen LogP contribution in [0.5, 0.6) is 5.75 Å². The maximum absolute atomic E-state index is 12.4. The predicted molar refractivity (Wildman–Crippen MR) is 111 cm³/mol. The number of nitrogens with zero attached hydrogens (tertiary/aromatic N) is 1. The van der Waals surface area contributed by atoms with Gasteiger partial charge in [-0.3, -0.25) is 4.79 Å². The van der Waals surface area contributed by atoms with Crippen molar-refractivity contribution in [1.82, 2.24) is 10.3 Å². The van der Waals surface area contributed by atoms with Crippen LogP contribution in [0.1, 0.15) is 23.0 Å². The van der Waals surface area contributed by atoms with Crippen molar-refractivity contribution in [1.29, 1.82) is 0 Å². The molecule has 2 aromatic carbocycles. The number of thiazole rings is 1. The van der Waals surface area contributed by atoms with Crippen LogP contribution >= 0.6 is 39.0 Å². The highest BCUT2D eigenvalue weighted by atomic mass is 79.9. The van der Waals surface area contributed by atoms with Gasteiger partial charge >= 0.3 is 0 Å². The molecule has 0 saturated heterocycles. The van der Waals surface area contributed by atoms with E-state index in [9.17, 15) is 4.79 Å². The van der Waals surface area contributed by atoms with Crippen LogP contribution in [0, 0.1) is 0 Å². The fraction of sp³-hybridized carbons (Fsp3) is 0.263. The van der Waals surface area contributed by atoms with E-state index in [4.69, 9.17) is 4.74 Å². The lowest BCUT2D eigenvalue weighted by Gasteiger charge is -2.26. The lowest BCUT2D eigenvalue weighted by Crippen LogP contribution is -2.33. The van der Waals surface area contributed by atoms with Crippen molar-refractivity contribution in [3.8, 4) is 5.75 Å². The van der Waals surface area contributed by atoms with Gasteiger partial charge in [0.25, 0.3) is 0 Å². The molecule has 1 aromatic heterocycles. The molecule has 0 fully saturated rings. The third-order valence-corrected chi connectivity index (χ3v) is 6.80. The minimum absolute atomic E-state index is 0.00630. The van der Waals surface area contributed by atoms with Gasteiger partial charge in [0.15, 0.2) is 0 Å². The van der Waals surface area contributed by atoms with Crippen molar-refractivity contribution >= 4 is 55.2 Å². The van der Waals surface area contributed by atoms with E-state index in [1.165, 1.54) is 4.70 Å². The molecule has 0 radical (unpaired) electrons. The highest BCUT2D eigenvalue weighted by Crippen LogP contribution is 2.34. The second kappa shape index (κ2) is 7.98. The highest BCUT2D eigenvalue weighted by molar-refractivity contribution is 9.10. The molecule has 0 aliphatic carbocycles. The molecule has 4 rings (SSSR count). The number of hydrogen-bond donors (Lipinski definition) is 1. The van der Waals surface area contributed by atoms with Gasteiger partial charge in [0.1, 0.15) is 10.8 Å². The fourth-order valence-corrected chi connectivity index (χ4v) is 5.20. The third kappa shape index (κ3) is 4.05. The Balaban J connectivity index is 1.33. The summed E-state index contributed by atoms with van der Waals surface area (Å²) < 4.78 is 7.86. The van der Waals surface area contributed by atoms with Gasteiger partial charge in [0.2, 0.25) is 5.91 Å². The summed E-state index contributed by atoms with van der Waals surface area (Å²) in [6.45, 7) is 0.623. The summed E-state index contributed by atoms with van der Waals surface area (Å²) in [7, 11) is 0. The number of thioether (sulfide) groups is 1. The minimum atomic E-state index is 0.00630. The van der Waals surface area contributed by atoms with Crippen LogP contribution in [0.15, 0.2) is 46.9 Å². The molecule has 134 valence electrons. The average Bonchev–Trinajstić information content (AvgIpc) is 3.05. The monoisotopic (exact) mass is 448 g/mol. The predicted octanol–water partition coefficient (Wildman–Crippen LogP) is 4.93. The lowest BCUT2D eigenvalue weighted by atomic mass is 10.0. The van der Waals surface area contributed by atoms with Crippen molar-refractivity contribution in [2.45, 2.75) is 18.2 Å². The Morgan fingerprint density at radius 1 is 1.35 bits per heavy atom. The summed E-state index contributed by atoms with van der Waals surface area (Å²) >= 11 is 6.78. The number of nitrogens with one attached hydrogen (secondary N) is 1. The number of halogens is 1. The summed E-state index contributed by atoms with van der Waals surface area (Å²) in [6, 6.07) is 14.0. The maximum Gasteiger partial charge on any atom is 0.230 e. The summed E-state index contributed by atoms with van der Waals surface area (Å²) in [5, 5.41) is 4.20. The molecule has 1 aliphatic heterocycles. The van der Waals surface area contributed by atoms with E-state index >= 15 is 0 Å². The van der Waals surface area contributed by atoms with Crippen LogP contribution in [0.4, 0.5) is 0 Å². The quantitative estimate of drug-likeness (QED) is 0.600. The number of carbonyl (C=O) groups excluding carboxylic acids is 1. The Kier molecular flexibility index (Phi) is 5.47. The second-order valence-corrected chi connectivity index (χ2v) is 9.02. The van der Waals surface area contributed by atoms with E-state index in [0.29, 0.717) is 12.4 Å². The molecule has 0 saturated carbocycles. The summed E-state index contributed by atoms with van der Waals surface area (Å²) in [5.74, 6) is 2.08.